The fourth-order valence-electron chi connectivity index (χ4n) is 3.40. The Bertz CT molecular complexity index is 581. The summed E-state index contributed by atoms with van der Waals surface area (Å²) >= 11 is 0. The number of amides is 2. The van der Waals surface area contributed by atoms with Crippen LogP contribution < -0.4 is 5.32 Å². The first-order chi connectivity index (χ1) is 11.2. The second-order valence-electron chi connectivity index (χ2n) is 6.46. The van der Waals surface area contributed by atoms with Gasteiger partial charge in [0.25, 0.3) is 5.91 Å². The van der Waals surface area contributed by atoms with Crippen molar-refractivity contribution in [2.24, 2.45) is 0 Å². The molecule has 0 radical (unpaired) electrons. The number of carbonyl (C=O) groups excluding carboxylic acids is 2. The number of likely N-dealkylation sites (tertiary alicyclic amines) is 1. The molecule has 2 aliphatic heterocycles. The van der Waals surface area contributed by atoms with Crippen molar-refractivity contribution < 1.29 is 9.59 Å². The number of fused-ring (bicyclic) bond motifs is 1. The van der Waals surface area contributed by atoms with Gasteiger partial charge in [0.15, 0.2) is 0 Å². The Morgan fingerprint density at radius 2 is 2.00 bits per heavy atom. The summed E-state index contributed by atoms with van der Waals surface area (Å²) in [5.41, 5.74) is 1.73. The smallest absolute Gasteiger partial charge is 0.255 e. The molecule has 1 aromatic rings. The predicted octanol–water partition coefficient (Wildman–Crippen LogP) is 1.63. The van der Waals surface area contributed by atoms with Gasteiger partial charge in [0.2, 0.25) is 5.91 Å². The van der Waals surface area contributed by atoms with Crippen LogP contribution in [0.2, 0.25) is 0 Å². The highest BCUT2D eigenvalue weighted by molar-refractivity contribution is 6.00. The summed E-state index contributed by atoms with van der Waals surface area (Å²) in [5, 5.41) is 2.97. The molecule has 124 valence electrons. The molecule has 1 fully saturated rings. The van der Waals surface area contributed by atoms with Gasteiger partial charge in [-0.15, -0.1) is 0 Å². The molecule has 2 heterocycles. The van der Waals surface area contributed by atoms with Crippen LogP contribution in [0.1, 0.15) is 42.1 Å². The van der Waals surface area contributed by atoms with E-state index < -0.39 is 6.04 Å². The predicted molar refractivity (Wildman–Crippen MR) is 89.1 cm³/mol. The van der Waals surface area contributed by atoms with Gasteiger partial charge in [0.1, 0.15) is 6.04 Å². The summed E-state index contributed by atoms with van der Waals surface area (Å²) in [5.74, 6) is -0.104. The number of rotatable bonds is 6. The van der Waals surface area contributed by atoms with Crippen molar-refractivity contribution in [3.05, 3.63) is 35.4 Å². The van der Waals surface area contributed by atoms with Crippen molar-refractivity contribution >= 4 is 11.8 Å². The molecule has 1 atom stereocenters. The zero-order valence-electron chi connectivity index (χ0n) is 13.8. The number of nitrogens with one attached hydrogen (secondary N) is 1. The van der Waals surface area contributed by atoms with Crippen molar-refractivity contribution in [3.63, 3.8) is 0 Å². The van der Waals surface area contributed by atoms with Crippen molar-refractivity contribution in [1.82, 2.24) is 15.1 Å². The minimum absolute atomic E-state index is 0.0414. The van der Waals surface area contributed by atoms with Crippen molar-refractivity contribution in [2.45, 2.75) is 38.8 Å². The first-order valence-electron chi connectivity index (χ1n) is 8.56. The number of nitrogens with zero attached hydrogens (tertiary/aromatic N) is 2. The first kappa shape index (κ1) is 16.0. The Morgan fingerprint density at radius 1 is 1.26 bits per heavy atom. The third-order valence-corrected chi connectivity index (χ3v) is 4.85. The summed E-state index contributed by atoms with van der Waals surface area (Å²) < 4.78 is 0. The molecule has 0 spiro atoms. The highest BCUT2D eigenvalue weighted by atomic mass is 16.2. The Labute approximate surface area is 137 Å². The lowest BCUT2D eigenvalue weighted by Crippen LogP contribution is -2.45. The molecule has 0 saturated carbocycles. The van der Waals surface area contributed by atoms with E-state index >= 15 is 0 Å². The second kappa shape index (κ2) is 7.13. The molecule has 0 aromatic heterocycles. The molecule has 0 aliphatic carbocycles. The van der Waals surface area contributed by atoms with Crippen molar-refractivity contribution in [1.29, 1.82) is 0 Å². The van der Waals surface area contributed by atoms with Crippen LogP contribution in [0.25, 0.3) is 0 Å². The molecular formula is C18H25N3O2. The fraction of sp³-hybridized carbons (Fsp3) is 0.556. The Kier molecular flexibility index (Phi) is 4.96. The Balaban J connectivity index is 1.45. The summed E-state index contributed by atoms with van der Waals surface area (Å²) in [6, 6.07) is 7.15. The van der Waals surface area contributed by atoms with Crippen molar-refractivity contribution in [2.75, 3.05) is 26.2 Å². The number of hydrogen-bond donors (Lipinski definition) is 1. The number of benzene rings is 1. The van der Waals surface area contributed by atoms with Gasteiger partial charge in [-0.25, -0.2) is 0 Å². The molecule has 5 nitrogen and oxygen atoms in total. The molecule has 1 saturated heterocycles. The van der Waals surface area contributed by atoms with Gasteiger partial charge < -0.3 is 15.1 Å². The van der Waals surface area contributed by atoms with Gasteiger partial charge in [0, 0.05) is 18.7 Å². The van der Waals surface area contributed by atoms with E-state index in [1.165, 1.54) is 25.9 Å². The van der Waals surface area contributed by atoms with Gasteiger partial charge >= 0.3 is 0 Å². The quantitative estimate of drug-likeness (QED) is 0.812. The minimum atomic E-state index is -0.429. The maximum Gasteiger partial charge on any atom is 0.255 e. The molecule has 2 aliphatic rings. The highest BCUT2D eigenvalue weighted by Gasteiger charge is 2.33. The maximum atomic E-state index is 12.4. The van der Waals surface area contributed by atoms with Gasteiger partial charge in [-0.05, 0) is 57.5 Å². The molecule has 1 aromatic carbocycles. The molecular weight excluding hydrogens is 290 g/mol. The zero-order chi connectivity index (χ0) is 16.2. The van der Waals surface area contributed by atoms with E-state index in [4.69, 9.17) is 0 Å². The molecule has 2 amide bonds. The topological polar surface area (TPSA) is 52.7 Å². The zero-order valence-corrected chi connectivity index (χ0v) is 13.8. The van der Waals surface area contributed by atoms with E-state index in [2.05, 4.69) is 10.2 Å². The van der Waals surface area contributed by atoms with Gasteiger partial charge in [-0.3, -0.25) is 9.59 Å². The first-order valence-corrected chi connectivity index (χ1v) is 8.56. The number of carbonyl (C=O) groups is 2. The minimum Gasteiger partial charge on any atom is -0.354 e. The van der Waals surface area contributed by atoms with Crippen LogP contribution in [-0.4, -0.2) is 53.8 Å². The lowest BCUT2D eigenvalue weighted by molar-refractivity contribution is -0.125. The SMILES string of the molecule is C[C@@H](C(=O)NCCCN1CCCC1)N1Cc2ccccc2C1=O. The normalized spacial score (nSPS) is 19.0. The largest absolute Gasteiger partial charge is 0.354 e. The third-order valence-electron chi connectivity index (χ3n) is 4.85. The van der Waals surface area contributed by atoms with Gasteiger partial charge in [0.05, 0.1) is 0 Å². The Hall–Kier alpha value is -1.88. The van der Waals surface area contributed by atoms with E-state index in [-0.39, 0.29) is 11.8 Å². The monoisotopic (exact) mass is 315 g/mol. The van der Waals surface area contributed by atoms with Crippen LogP contribution in [0.4, 0.5) is 0 Å². The standard InChI is InChI=1S/C18H25N3O2/c1-14(17(22)19-9-6-12-20-10-4-5-11-20)21-13-15-7-2-3-8-16(15)18(21)23/h2-3,7-8,14H,4-6,9-13H2,1H3,(H,19,22)/t14-/m0/s1. The lowest BCUT2D eigenvalue weighted by Gasteiger charge is -2.23. The van der Waals surface area contributed by atoms with E-state index in [0.29, 0.717) is 13.1 Å². The highest BCUT2D eigenvalue weighted by Crippen LogP contribution is 2.24. The van der Waals surface area contributed by atoms with Crippen LogP contribution in [-0.2, 0) is 11.3 Å². The average molecular weight is 315 g/mol. The molecule has 0 bridgehead atoms. The maximum absolute atomic E-state index is 12.4. The van der Waals surface area contributed by atoms with E-state index in [0.717, 1.165) is 24.1 Å². The van der Waals surface area contributed by atoms with Crippen molar-refractivity contribution in [3.8, 4) is 0 Å². The van der Waals surface area contributed by atoms with E-state index in [9.17, 15) is 9.59 Å². The molecule has 1 N–H and O–H groups in total. The van der Waals surface area contributed by atoms with E-state index in [1.807, 2.05) is 24.3 Å². The summed E-state index contributed by atoms with van der Waals surface area (Å²) in [7, 11) is 0. The summed E-state index contributed by atoms with van der Waals surface area (Å²) in [6.45, 7) is 6.42. The number of hydrogen-bond acceptors (Lipinski definition) is 3. The van der Waals surface area contributed by atoms with Crippen LogP contribution in [0.15, 0.2) is 24.3 Å². The molecule has 0 unspecified atom stereocenters. The fourth-order valence-corrected chi connectivity index (χ4v) is 3.40. The van der Waals surface area contributed by atoms with Gasteiger partial charge in [-0.2, -0.15) is 0 Å². The summed E-state index contributed by atoms with van der Waals surface area (Å²) in [6.07, 6.45) is 3.55. The van der Waals surface area contributed by atoms with Crippen LogP contribution in [0.5, 0.6) is 0 Å². The second-order valence-corrected chi connectivity index (χ2v) is 6.46. The third kappa shape index (κ3) is 3.55. The van der Waals surface area contributed by atoms with Crippen LogP contribution >= 0.6 is 0 Å². The van der Waals surface area contributed by atoms with Crippen LogP contribution in [0.3, 0.4) is 0 Å². The molecule has 23 heavy (non-hydrogen) atoms. The molecule has 5 heteroatoms. The average Bonchev–Trinajstić information content (AvgIpc) is 3.19. The molecule has 3 rings (SSSR count). The summed E-state index contributed by atoms with van der Waals surface area (Å²) in [4.78, 5) is 28.8. The van der Waals surface area contributed by atoms with Crippen LogP contribution in [0, 0.1) is 0 Å². The van der Waals surface area contributed by atoms with E-state index in [1.54, 1.807) is 11.8 Å². The van der Waals surface area contributed by atoms with Gasteiger partial charge in [-0.1, -0.05) is 18.2 Å². The lowest BCUT2D eigenvalue weighted by atomic mass is 10.1. The Morgan fingerprint density at radius 3 is 2.74 bits per heavy atom.